The molecule has 0 bridgehead atoms. The first-order valence-corrected chi connectivity index (χ1v) is 12.4. The lowest BCUT2D eigenvalue weighted by atomic mass is 10.3. The number of amides is 1. The van der Waals surface area contributed by atoms with Crippen LogP contribution in [0, 0.1) is 6.92 Å². The number of anilines is 1. The fraction of sp³-hybridized carbons (Fsp3) is 0.333. The van der Waals surface area contributed by atoms with E-state index in [4.69, 9.17) is 32.7 Å². The molecule has 1 amide bonds. The first-order chi connectivity index (χ1) is 15.8. The van der Waals surface area contributed by atoms with E-state index >= 15 is 0 Å². The number of hydrogen-bond acceptors (Lipinski definition) is 8. The number of thiophene rings is 1. The maximum atomic E-state index is 12.4. The summed E-state index contributed by atoms with van der Waals surface area (Å²) in [4.78, 5) is 25.2. The van der Waals surface area contributed by atoms with Crippen LogP contribution in [0.25, 0.3) is 0 Å². The van der Waals surface area contributed by atoms with Crippen molar-refractivity contribution in [3.63, 3.8) is 0 Å². The molecule has 0 spiro atoms. The highest BCUT2D eigenvalue weighted by molar-refractivity contribution is 7.99. The number of halogens is 2. The predicted octanol–water partition coefficient (Wildman–Crippen LogP) is 5.02. The quantitative estimate of drug-likeness (QED) is 0.224. The van der Waals surface area contributed by atoms with Crippen molar-refractivity contribution in [1.29, 1.82) is 0 Å². The van der Waals surface area contributed by atoms with Gasteiger partial charge in [0, 0.05) is 23.4 Å². The zero-order valence-electron chi connectivity index (χ0n) is 18.2. The zero-order chi connectivity index (χ0) is 24.0. The van der Waals surface area contributed by atoms with Crippen LogP contribution >= 0.6 is 46.3 Å². The van der Waals surface area contributed by atoms with E-state index in [0.29, 0.717) is 51.0 Å². The van der Waals surface area contributed by atoms with Crippen molar-refractivity contribution in [2.45, 2.75) is 24.9 Å². The molecule has 2 aromatic heterocycles. The summed E-state index contributed by atoms with van der Waals surface area (Å²) in [6, 6.07) is 6.79. The molecule has 0 saturated heterocycles. The molecule has 0 saturated carbocycles. The summed E-state index contributed by atoms with van der Waals surface area (Å²) in [5.41, 5.74) is 0.349. The molecule has 0 aliphatic carbocycles. The van der Waals surface area contributed by atoms with Gasteiger partial charge in [-0.2, -0.15) is 0 Å². The molecule has 0 radical (unpaired) electrons. The summed E-state index contributed by atoms with van der Waals surface area (Å²) in [5.74, 6) is 0.761. The minimum Gasteiger partial charge on any atom is -0.492 e. The molecular formula is C21H22Cl2N4O4S2. The third kappa shape index (κ3) is 6.86. The second-order valence-corrected chi connectivity index (χ2v) is 9.96. The van der Waals surface area contributed by atoms with Gasteiger partial charge in [0.05, 0.1) is 30.1 Å². The van der Waals surface area contributed by atoms with Crippen LogP contribution in [0.5, 0.6) is 5.75 Å². The number of thioether (sulfide) groups is 1. The van der Waals surface area contributed by atoms with E-state index < -0.39 is 5.97 Å². The Morgan fingerprint density at radius 3 is 2.76 bits per heavy atom. The van der Waals surface area contributed by atoms with Gasteiger partial charge in [-0.15, -0.1) is 21.5 Å². The standard InChI is InChI=1S/C21H22Cl2N4O4S2/c1-12-9-14(20(29)30-3)19(33-12)24-18(28)11-32-21-26-25-17(27(21)2)5-4-8-31-16-7-6-13(22)10-15(16)23/h6-7,9-10H,4-5,8,11H2,1-3H3,(H,24,28). The molecule has 3 rings (SSSR count). The summed E-state index contributed by atoms with van der Waals surface area (Å²) < 4.78 is 12.3. The number of benzene rings is 1. The largest absolute Gasteiger partial charge is 0.492 e. The van der Waals surface area contributed by atoms with Gasteiger partial charge < -0.3 is 19.4 Å². The van der Waals surface area contributed by atoms with Gasteiger partial charge in [-0.25, -0.2) is 4.79 Å². The number of nitrogens with one attached hydrogen (secondary N) is 1. The van der Waals surface area contributed by atoms with Crippen LogP contribution in [0.1, 0.15) is 27.5 Å². The highest BCUT2D eigenvalue weighted by Crippen LogP contribution is 2.29. The Hall–Kier alpha value is -2.27. The van der Waals surface area contributed by atoms with E-state index in [9.17, 15) is 9.59 Å². The van der Waals surface area contributed by atoms with E-state index in [-0.39, 0.29) is 11.7 Å². The Morgan fingerprint density at radius 2 is 2.03 bits per heavy atom. The van der Waals surface area contributed by atoms with Gasteiger partial charge in [0.25, 0.3) is 0 Å². The van der Waals surface area contributed by atoms with Crippen molar-refractivity contribution in [3.8, 4) is 5.75 Å². The number of aromatic nitrogens is 3. The zero-order valence-corrected chi connectivity index (χ0v) is 21.3. The van der Waals surface area contributed by atoms with Crippen LogP contribution < -0.4 is 10.1 Å². The first-order valence-electron chi connectivity index (χ1n) is 9.86. The van der Waals surface area contributed by atoms with E-state index in [1.165, 1.54) is 30.2 Å². The van der Waals surface area contributed by atoms with Crippen LogP contribution in [-0.4, -0.2) is 46.1 Å². The van der Waals surface area contributed by atoms with Crippen LogP contribution in [0.15, 0.2) is 29.4 Å². The number of nitrogens with zero attached hydrogens (tertiary/aromatic N) is 3. The first kappa shape index (κ1) is 25.4. The van der Waals surface area contributed by atoms with Gasteiger partial charge in [-0.3, -0.25) is 4.79 Å². The van der Waals surface area contributed by atoms with Gasteiger partial charge in [0.2, 0.25) is 5.91 Å². The topological polar surface area (TPSA) is 95.3 Å². The molecule has 0 aliphatic heterocycles. The molecule has 12 heteroatoms. The number of carbonyl (C=O) groups excluding carboxylic acids is 2. The fourth-order valence-electron chi connectivity index (χ4n) is 2.85. The molecular weight excluding hydrogens is 507 g/mol. The van der Waals surface area contributed by atoms with Crippen molar-refractivity contribution in [2.24, 2.45) is 7.05 Å². The summed E-state index contributed by atoms with van der Waals surface area (Å²) >= 11 is 14.6. The molecule has 1 N–H and O–H groups in total. The molecule has 0 fully saturated rings. The lowest BCUT2D eigenvalue weighted by molar-refractivity contribution is -0.113. The van der Waals surface area contributed by atoms with Gasteiger partial charge in [0.1, 0.15) is 16.6 Å². The third-order valence-electron chi connectivity index (χ3n) is 4.47. The third-order valence-corrected chi connectivity index (χ3v) is 6.98. The van der Waals surface area contributed by atoms with Crippen LogP contribution in [-0.2, 0) is 23.0 Å². The van der Waals surface area contributed by atoms with E-state index in [0.717, 1.165) is 10.7 Å². The second-order valence-electron chi connectivity index (χ2n) is 6.91. The summed E-state index contributed by atoms with van der Waals surface area (Å²) in [6.45, 7) is 2.32. The lowest BCUT2D eigenvalue weighted by Gasteiger charge is -2.08. The number of methoxy groups -OCH3 is 1. The Bertz CT molecular complexity index is 1150. The average Bonchev–Trinajstić information content (AvgIpc) is 3.32. The van der Waals surface area contributed by atoms with E-state index in [1.54, 1.807) is 24.3 Å². The molecule has 1 aromatic carbocycles. The molecule has 0 atom stereocenters. The van der Waals surface area contributed by atoms with Crippen molar-refractivity contribution in [1.82, 2.24) is 14.8 Å². The predicted molar refractivity (Wildman–Crippen MR) is 131 cm³/mol. The van der Waals surface area contributed by atoms with Crippen molar-refractivity contribution < 1.29 is 19.1 Å². The summed E-state index contributed by atoms with van der Waals surface area (Å²) in [6.07, 6.45) is 1.36. The maximum absolute atomic E-state index is 12.4. The Morgan fingerprint density at radius 1 is 1.24 bits per heavy atom. The Balaban J connectivity index is 1.48. The molecule has 33 heavy (non-hydrogen) atoms. The van der Waals surface area contributed by atoms with Gasteiger partial charge in [-0.1, -0.05) is 35.0 Å². The Labute approximate surface area is 209 Å². The number of rotatable bonds is 10. The number of hydrogen-bond donors (Lipinski definition) is 1. The highest BCUT2D eigenvalue weighted by Gasteiger charge is 2.18. The lowest BCUT2D eigenvalue weighted by Crippen LogP contribution is -2.16. The molecule has 0 unspecified atom stereocenters. The molecule has 8 nitrogen and oxygen atoms in total. The van der Waals surface area contributed by atoms with Gasteiger partial charge in [-0.05, 0) is 37.6 Å². The highest BCUT2D eigenvalue weighted by atomic mass is 35.5. The molecule has 3 aromatic rings. The minimum atomic E-state index is -0.484. The van der Waals surface area contributed by atoms with Gasteiger partial charge in [0.15, 0.2) is 5.16 Å². The number of ether oxygens (including phenoxy) is 2. The number of carbonyl (C=O) groups is 2. The minimum absolute atomic E-state index is 0.127. The van der Waals surface area contributed by atoms with E-state index in [1.807, 2.05) is 18.5 Å². The monoisotopic (exact) mass is 528 g/mol. The van der Waals surface area contributed by atoms with Gasteiger partial charge >= 0.3 is 5.97 Å². The van der Waals surface area contributed by atoms with E-state index in [2.05, 4.69) is 15.5 Å². The van der Waals surface area contributed by atoms with Crippen LogP contribution in [0.4, 0.5) is 5.00 Å². The fourth-order valence-corrected chi connectivity index (χ4v) is 4.96. The SMILES string of the molecule is COC(=O)c1cc(C)sc1NC(=O)CSc1nnc(CCCOc2ccc(Cl)cc2Cl)n1C. The van der Waals surface area contributed by atoms with Crippen molar-refractivity contribution >= 4 is 63.2 Å². The average molecular weight is 529 g/mol. The smallest absolute Gasteiger partial charge is 0.340 e. The van der Waals surface area contributed by atoms with Crippen molar-refractivity contribution in [2.75, 3.05) is 24.8 Å². The normalized spacial score (nSPS) is 10.8. The second kappa shape index (κ2) is 11.7. The molecule has 2 heterocycles. The molecule has 176 valence electrons. The molecule has 0 aliphatic rings. The Kier molecular flexibility index (Phi) is 9.02. The number of aryl methyl sites for hydroxylation is 2. The maximum Gasteiger partial charge on any atom is 0.340 e. The van der Waals surface area contributed by atoms with Crippen LogP contribution in [0.2, 0.25) is 10.0 Å². The van der Waals surface area contributed by atoms with Crippen molar-refractivity contribution in [3.05, 3.63) is 50.6 Å². The summed E-state index contributed by atoms with van der Waals surface area (Å²) in [7, 11) is 3.16. The summed E-state index contributed by atoms with van der Waals surface area (Å²) in [5, 5.41) is 13.3. The number of esters is 1. The van der Waals surface area contributed by atoms with Crippen LogP contribution in [0.3, 0.4) is 0 Å².